The van der Waals surface area contributed by atoms with Crippen molar-refractivity contribution in [3.8, 4) is 0 Å². The number of rotatable bonds is 1. The normalized spacial score (nSPS) is 6.33. The van der Waals surface area contributed by atoms with E-state index in [-0.39, 0.29) is 63.6 Å². The van der Waals surface area contributed by atoms with Crippen LogP contribution in [0, 0.1) is 21.9 Å². The Morgan fingerprint density at radius 2 is 1.73 bits per heavy atom. The second kappa shape index (κ2) is 14.0. The van der Waals surface area contributed by atoms with E-state index < -0.39 is 4.92 Å². The molecular weight excluding hydrogens is 330 g/mol. The number of nitro benzene ring substituents is 1. The van der Waals surface area contributed by atoms with E-state index in [4.69, 9.17) is 23.4 Å². The molecule has 8 heteroatoms. The van der Waals surface area contributed by atoms with Crippen LogP contribution < -0.4 is 35.8 Å². The third-order valence-electron chi connectivity index (χ3n) is 1.05. The van der Waals surface area contributed by atoms with E-state index >= 15 is 0 Å². The molecule has 0 radical (unpaired) electrons. The van der Waals surface area contributed by atoms with E-state index in [9.17, 15) is 10.1 Å². The number of nitro groups is 1. The summed E-state index contributed by atoms with van der Waals surface area (Å²) >= 11 is 5.48. The van der Waals surface area contributed by atoms with Crippen molar-refractivity contribution >= 4 is 17.3 Å². The summed E-state index contributed by atoms with van der Waals surface area (Å²) in [5.41, 5.74) is -0.0517. The Morgan fingerprint density at radius 1 is 1.33 bits per heavy atom. The van der Waals surface area contributed by atoms with Gasteiger partial charge in [0.25, 0.3) is 5.69 Å². The number of nitrogens with zero attached hydrogens (tertiary/aromatic N) is 2. The quantitative estimate of drug-likeness (QED) is 0.230. The predicted molar refractivity (Wildman–Crippen MR) is 43.1 cm³/mol. The van der Waals surface area contributed by atoms with Crippen LogP contribution in [0.2, 0.25) is 5.02 Å². The van der Waals surface area contributed by atoms with Crippen LogP contribution in [0.25, 0.3) is 0 Å². The third kappa shape index (κ3) is 8.96. The average Bonchev–Trinajstić information content (AvgIpc) is 2.08. The van der Waals surface area contributed by atoms with Gasteiger partial charge in [-0.2, -0.15) is 0 Å². The van der Waals surface area contributed by atoms with Crippen molar-refractivity contribution in [2.75, 3.05) is 0 Å². The van der Waals surface area contributed by atoms with Crippen LogP contribution in [-0.4, -0.2) is 4.92 Å². The maximum Gasteiger partial charge on any atom is 1.00 e. The van der Waals surface area contributed by atoms with E-state index in [0.717, 1.165) is 0 Å². The third-order valence-corrected chi connectivity index (χ3v) is 1.37. The summed E-state index contributed by atoms with van der Waals surface area (Å²) in [5.74, 6) is 0. The summed E-state index contributed by atoms with van der Waals surface area (Å²) in [6, 6.07) is 6.07. The monoisotopic (exact) mass is 332 g/mol. The van der Waals surface area contributed by atoms with Crippen LogP contribution in [0.1, 0.15) is 0 Å². The minimum Gasteiger partial charge on any atom is -1.00 e. The molecule has 0 aliphatic carbocycles. The van der Waals surface area contributed by atoms with E-state index in [1.54, 1.807) is 12.1 Å². The van der Waals surface area contributed by atoms with Crippen molar-refractivity contribution in [2.24, 2.45) is 0 Å². The van der Waals surface area contributed by atoms with Crippen molar-refractivity contribution in [3.05, 3.63) is 46.0 Å². The van der Waals surface area contributed by atoms with Crippen LogP contribution in [0.4, 0.5) is 5.69 Å². The molecule has 1 aromatic carbocycles. The Labute approximate surface area is 126 Å². The molecule has 0 bridgehead atoms. The van der Waals surface area contributed by atoms with Gasteiger partial charge in [-0.3, -0.25) is 10.1 Å². The zero-order valence-electron chi connectivity index (χ0n) is 7.58. The molecule has 0 atom stereocenters. The summed E-state index contributed by atoms with van der Waals surface area (Å²) in [6.45, 7) is 4.75. The fourth-order valence-corrected chi connectivity index (χ4v) is 0.805. The van der Waals surface area contributed by atoms with Crippen LogP contribution >= 0.6 is 11.6 Å². The van der Waals surface area contributed by atoms with E-state index in [1.165, 1.54) is 12.1 Å². The van der Waals surface area contributed by atoms with Gasteiger partial charge in [-0.25, -0.2) is 0 Å². The second-order valence-corrected chi connectivity index (χ2v) is 2.12. The molecule has 0 aliphatic heterocycles. The fourth-order valence-electron chi connectivity index (χ4n) is 0.600. The molecule has 0 aromatic heterocycles. The van der Waals surface area contributed by atoms with Gasteiger partial charge in [0.2, 0.25) is 0 Å². The number of hydrogen-bond donors (Lipinski definition) is 0. The van der Waals surface area contributed by atoms with Gasteiger partial charge in [-0.05, 0) is 6.07 Å². The van der Waals surface area contributed by atoms with Gasteiger partial charge in [-0.1, -0.05) is 23.7 Å². The molecule has 4 nitrogen and oxygen atoms in total. The molecule has 0 saturated heterocycles. The van der Waals surface area contributed by atoms with E-state index in [0.29, 0.717) is 0 Å². The maximum absolute atomic E-state index is 10.1. The predicted octanol–water partition coefficient (Wildman–Crippen LogP) is -3.65. The molecule has 1 rings (SSSR count). The molecule has 0 unspecified atom stereocenters. The molecular formula is C7H4BrClCuLiN2O2. The minimum absolute atomic E-state index is 0. The van der Waals surface area contributed by atoms with Gasteiger partial charge >= 0.3 is 35.9 Å². The van der Waals surface area contributed by atoms with Crippen molar-refractivity contribution < 1.29 is 57.8 Å². The van der Waals surface area contributed by atoms with Gasteiger partial charge in [0.15, 0.2) is 0 Å². The first-order valence-electron chi connectivity index (χ1n) is 2.83. The first-order valence-corrected chi connectivity index (χ1v) is 3.21. The maximum atomic E-state index is 10.1. The largest absolute Gasteiger partial charge is 1.00 e. The van der Waals surface area contributed by atoms with Crippen molar-refractivity contribution in [1.82, 2.24) is 0 Å². The number of benzene rings is 1. The Kier molecular flexibility index (Phi) is 22.7. The van der Waals surface area contributed by atoms with Crippen LogP contribution in [0.5, 0.6) is 0 Å². The number of para-hydroxylation sites is 1. The number of halogens is 2. The zero-order valence-corrected chi connectivity index (χ0v) is 10.9. The Bertz CT molecular complexity index is 314. The van der Waals surface area contributed by atoms with Gasteiger partial charge in [0, 0.05) is 6.07 Å². The van der Waals surface area contributed by atoms with Crippen LogP contribution in [-0.2, 0) is 17.1 Å². The molecule has 0 heterocycles. The zero-order chi connectivity index (χ0) is 9.56. The van der Waals surface area contributed by atoms with Gasteiger partial charge in [0.05, 0.1) is 4.92 Å². The van der Waals surface area contributed by atoms with E-state index in [2.05, 4.69) is 0 Å². The SMILES string of the molecule is O=[N+]([O-])c1ccccc1Cl.[Br-].[C-]#N.[Cu+].[Li+]. The summed E-state index contributed by atoms with van der Waals surface area (Å²) in [5, 5.41) is 16.6. The average molecular weight is 334 g/mol. The molecule has 0 spiro atoms. The smallest absolute Gasteiger partial charge is 1.00 e. The first-order chi connectivity index (χ1) is 5.72. The summed E-state index contributed by atoms with van der Waals surface area (Å²) in [6.07, 6.45) is 0. The summed E-state index contributed by atoms with van der Waals surface area (Å²) in [7, 11) is 0. The number of hydrogen-bond acceptors (Lipinski definition) is 3. The topological polar surface area (TPSA) is 66.9 Å². The molecule has 80 valence electrons. The Morgan fingerprint density at radius 3 is 2.00 bits per heavy atom. The van der Waals surface area contributed by atoms with Crippen molar-refractivity contribution in [1.29, 1.82) is 5.26 Å². The van der Waals surface area contributed by atoms with Gasteiger partial charge in [0.1, 0.15) is 5.02 Å². The molecule has 0 saturated carbocycles. The first kappa shape index (κ1) is 24.3. The van der Waals surface area contributed by atoms with Gasteiger partial charge < -0.3 is 28.8 Å². The molecule has 0 fully saturated rings. The molecule has 0 amide bonds. The Hall–Kier alpha value is -0.00312. The summed E-state index contributed by atoms with van der Waals surface area (Å²) < 4.78 is 0. The minimum atomic E-state index is -0.512. The van der Waals surface area contributed by atoms with E-state index in [1.807, 2.05) is 0 Å². The van der Waals surface area contributed by atoms with Crippen molar-refractivity contribution in [2.45, 2.75) is 0 Å². The Balaban J connectivity index is -0.000000114. The molecule has 0 N–H and O–H groups in total. The molecule has 0 aliphatic rings. The van der Waals surface area contributed by atoms with Gasteiger partial charge in [-0.15, -0.1) is 0 Å². The van der Waals surface area contributed by atoms with Crippen LogP contribution in [0.15, 0.2) is 24.3 Å². The second-order valence-electron chi connectivity index (χ2n) is 1.71. The standard InChI is InChI=1S/C6H4ClNO2.CN.BrH.Cu.Li/c7-5-3-1-2-4-6(5)8(9)10;1-2;;;/h1-4H;;1H;;/q;-1;;2*+1/p-1. The summed E-state index contributed by atoms with van der Waals surface area (Å²) in [4.78, 5) is 9.63. The molecule has 15 heavy (non-hydrogen) atoms. The van der Waals surface area contributed by atoms with Crippen LogP contribution in [0.3, 0.4) is 0 Å². The molecule has 1 aromatic rings. The fraction of sp³-hybridized carbons (Fsp3) is 0. The van der Waals surface area contributed by atoms with Crippen molar-refractivity contribution in [3.63, 3.8) is 0 Å².